The average Bonchev–Trinajstić information content (AvgIpc) is 2.41. The summed E-state index contributed by atoms with van der Waals surface area (Å²) in [5.41, 5.74) is 2.73. The summed E-state index contributed by atoms with van der Waals surface area (Å²) in [6.45, 7) is 3.87. The van der Waals surface area contributed by atoms with Crippen molar-refractivity contribution in [1.29, 1.82) is 10.5 Å². The highest BCUT2D eigenvalue weighted by molar-refractivity contribution is 5.86. The van der Waals surface area contributed by atoms with E-state index in [1.807, 2.05) is 26.0 Å². The first-order valence-electron chi connectivity index (χ1n) is 5.72. The van der Waals surface area contributed by atoms with Gasteiger partial charge in [-0.05, 0) is 37.1 Å². The second kappa shape index (κ2) is 4.80. The molecular formula is C15H11N3O. The molecule has 2 rings (SSSR count). The van der Waals surface area contributed by atoms with E-state index in [-0.39, 0.29) is 11.1 Å². The van der Waals surface area contributed by atoms with E-state index in [1.165, 1.54) is 6.08 Å². The number of aromatic nitrogens is 1. The van der Waals surface area contributed by atoms with Crippen molar-refractivity contribution < 1.29 is 0 Å². The Balaban J connectivity index is 2.81. The van der Waals surface area contributed by atoms with Crippen molar-refractivity contribution in [1.82, 2.24) is 4.98 Å². The van der Waals surface area contributed by atoms with Crippen LogP contribution < -0.4 is 5.56 Å². The molecule has 0 aliphatic rings. The molecule has 0 saturated heterocycles. The predicted molar refractivity (Wildman–Crippen MR) is 73.2 cm³/mol. The number of rotatable bonds is 1. The number of nitrogens with zero attached hydrogens (tertiary/aromatic N) is 2. The van der Waals surface area contributed by atoms with Gasteiger partial charge in [0, 0.05) is 10.9 Å². The van der Waals surface area contributed by atoms with Crippen LogP contribution in [0.4, 0.5) is 0 Å². The summed E-state index contributed by atoms with van der Waals surface area (Å²) >= 11 is 0. The summed E-state index contributed by atoms with van der Waals surface area (Å²) in [7, 11) is 0. The summed E-state index contributed by atoms with van der Waals surface area (Å²) in [5.74, 6) is 0. The molecule has 0 aliphatic carbocycles. The van der Waals surface area contributed by atoms with Crippen LogP contribution in [0.5, 0.6) is 0 Å². The number of fused-ring (bicyclic) bond motifs is 1. The Labute approximate surface area is 110 Å². The zero-order valence-corrected chi connectivity index (χ0v) is 10.6. The minimum Gasteiger partial charge on any atom is -0.321 e. The van der Waals surface area contributed by atoms with Crippen LogP contribution in [0.3, 0.4) is 0 Å². The molecule has 1 heterocycles. The molecule has 0 unspecified atom stereocenters. The van der Waals surface area contributed by atoms with Crippen LogP contribution >= 0.6 is 0 Å². The van der Waals surface area contributed by atoms with Gasteiger partial charge in [-0.3, -0.25) is 4.79 Å². The Hall–Kier alpha value is -2.85. The van der Waals surface area contributed by atoms with Gasteiger partial charge in [0.1, 0.15) is 17.7 Å². The molecule has 0 atom stereocenters. The third-order valence-electron chi connectivity index (χ3n) is 3.01. The molecule has 0 fully saturated rings. The van der Waals surface area contributed by atoms with Crippen molar-refractivity contribution >= 4 is 17.0 Å². The first-order valence-corrected chi connectivity index (χ1v) is 5.72. The lowest BCUT2D eigenvalue weighted by Gasteiger charge is -2.06. The Morgan fingerprint density at radius 2 is 1.84 bits per heavy atom. The topological polar surface area (TPSA) is 80.4 Å². The van der Waals surface area contributed by atoms with Crippen LogP contribution in [0.1, 0.15) is 16.7 Å². The Kier molecular flexibility index (Phi) is 3.18. The molecule has 0 aliphatic heterocycles. The van der Waals surface area contributed by atoms with E-state index in [4.69, 9.17) is 10.5 Å². The second-order valence-electron chi connectivity index (χ2n) is 4.32. The maximum Gasteiger partial charge on any atom is 0.255 e. The highest BCUT2D eigenvalue weighted by Gasteiger charge is 2.06. The van der Waals surface area contributed by atoms with Crippen molar-refractivity contribution in [3.05, 3.63) is 50.8 Å². The predicted octanol–water partition coefficient (Wildman–Crippen LogP) is 2.58. The van der Waals surface area contributed by atoms with E-state index in [9.17, 15) is 4.79 Å². The van der Waals surface area contributed by atoms with Crippen LogP contribution in [0.2, 0.25) is 0 Å². The molecule has 1 aromatic carbocycles. The molecule has 0 saturated carbocycles. The number of hydrogen-bond acceptors (Lipinski definition) is 3. The van der Waals surface area contributed by atoms with E-state index in [1.54, 1.807) is 18.2 Å². The molecule has 92 valence electrons. The largest absolute Gasteiger partial charge is 0.321 e. The first kappa shape index (κ1) is 12.6. The number of benzene rings is 1. The zero-order valence-electron chi connectivity index (χ0n) is 10.6. The third-order valence-corrected chi connectivity index (χ3v) is 3.01. The minimum atomic E-state index is -0.302. The molecule has 2 aromatic rings. The zero-order chi connectivity index (χ0) is 14.0. The molecule has 0 bridgehead atoms. The number of nitrogens with one attached hydrogen (secondary N) is 1. The van der Waals surface area contributed by atoms with E-state index >= 15 is 0 Å². The highest BCUT2D eigenvalue weighted by Crippen LogP contribution is 2.20. The smallest absolute Gasteiger partial charge is 0.255 e. The molecule has 4 nitrogen and oxygen atoms in total. The van der Waals surface area contributed by atoms with Gasteiger partial charge in [-0.2, -0.15) is 10.5 Å². The highest BCUT2D eigenvalue weighted by atomic mass is 16.1. The second-order valence-corrected chi connectivity index (χ2v) is 4.32. The summed E-state index contributed by atoms with van der Waals surface area (Å²) in [6, 6.07) is 9.13. The SMILES string of the molecule is Cc1ccc(C)c2[nH]c(=O)c(C=C(C#N)C#N)cc12. The molecular weight excluding hydrogens is 238 g/mol. The van der Waals surface area contributed by atoms with Crippen LogP contribution in [0.25, 0.3) is 17.0 Å². The number of allylic oxidation sites excluding steroid dienone is 1. The molecule has 0 radical (unpaired) electrons. The monoisotopic (exact) mass is 249 g/mol. The van der Waals surface area contributed by atoms with Gasteiger partial charge in [0.2, 0.25) is 0 Å². The van der Waals surface area contributed by atoms with E-state index in [0.29, 0.717) is 5.56 Å². The van der Waals surface area contributed by atoms with E-state index in [2.05, 4.69) is 4.98 Å². The van der Waals surface area contributed by atoms with Gasteiger partial charge in [-0.1, -0.05) is 12.1 Å². The summed E-state index contributed by atoms with van der Waals surface area (Å²) < 4.78 is 0. The van der Waals surface area contributed by atoms with Crippen molar-refractivity contribution in [3.63, 3.8) is 0 Å². The Bertz CT molecular complexity index is 813. The molecule has 1 aromatic heterocycles. The van der Waals surface area contributed by atoms with Crippen LogP contribution in [-0.2, 0) is 0 Å². The maximum absolute atomic E-state index is 11.9. The van der Waals surface area contributed by atoms with E-state index in [0.717, 1.165) is 22.0 Å². The normalized spacial score (nSPS) is 9.68. The van der Waals surface area contributed by atoms with Crippen LogP contribution in [0.15, 0.2) is 28.6 Å². The van der Waals surface area contributed by atoms with Crippen molar-refractivity contribution in [2.45, 2.75) is 13.8 Å². The molecule has 4 heteroatoms. The van der Waals surface area contributed by atoms with Crippen molar-refractivity contribution in [2.24, 2.45) is 0 Å². The molecule has 19 heavy (non-hydrogen) atoms. The van der Waals surface area contributed by atoms with Gasteiger partial charge in [0.25, 0.3) is 5.56 Å². The fourth-order valence-electron chi connectivity index (χ4n) is 1.94. The fourth-order valence-corrected chi connectivity index (χ4v) is 1.94. The van der Waals surface area contributed by atoms with Gasteiger partial charge in [0.15, 0.2) is 0 Å². The fraction of sp³-hybridized carbons (Fsp3) is 0.133. The first-order chi connectivity index (χ1) is 9.06. The molecule has 0 amide bonds. The standard InChI is InChI=1S/C15H11N3O/c1-9-3-4-10(2)14-13(9)6-12(15(19)18-14)5-11(7-16)8-17/h3-6H,1-2H3,(H,18,19). The Morgan fingerprint density at radius 3 is 2.47 bits per heavy atom. The van der Waals surface area contributed by atoms with Gasteiger partial charge in [-0.15, -0.1) is 0 Å². The van der Waals surface area contributed by atoms with Gasteiger partial charge in [0.05, 0.1) is 5.52 Å². The van der Waals surface area contributed by atoms with Crippen molar-refractivity contribution in [2.75, 3.05) is 0 Å². The molecule has 1 N–H and O–H groups in total. The summed E-state index contributed by atoms with van der Waals surface area (Å²) in [5, 5.41) is 18.4. The number of pyridine rings is 1. The quantitative estimate of drug-likeness (QED) is 0.788. The number of nitriles is 2. The van der Waals surface area contributed by atoms with Gasteiger partial charge in [-0.25, -0.2) is 0 Å². The Morgan fingerprint density at radius 1 is 1.21 bits per heavy atom. The number of H-pyrrole nitrogens is 1. The lowest BCUT2D eigenvalue weighted by atomic mass is 10.0. The molecule has 0 spiro atoms. The lowest BCUT2D eigenvalue weighted by molar-refractivity contribution is 1.26. The third kappa shape index (κ3) is 2.25. The van der Waals surface area contributed by atoms with Gasteiger partial charge < -0.3 is 4.98 Å². The number of aromatic amines is 1. The number of aryl methyl sites for hydroxylation is 2. The summed E-state index contributed by atoms with van der Waals surface area (Å²) in [4.78, 5) is 14.7. The summed E-state index contributed by atoms with van der Waals surface area (Å²) in [6.07, 6.45) is 1.31. The van der Waals surface area contributed by atoms with Crippen LogP contribution in [0, 0.1) is 36.5 Å². The van der Waals surface area contributed by atoms with Crippen LogP contribution in [-0.4, -0.2) is 4.98 Å². The average molecular weight is 249 g/mol. The number of hydrogen-bond donors (Lipinski definition) is 1. The maximum atomic E-state index is 11.9. The minimum absolute atomic E-state index is 0.0878. The van der Waals surface area contributed by atoms with Gasteiger partial charge >= 0.3 is 0 Å². The van der Waals surface area contributed by atoms with E-state index < -0.39 is 0 Å². The lowest BCUT2D eigenvalue weighted by Crippen LogP contribution is -2.10. The van der Waals surface area contributed by atoms with Crippen molar-refractivity contribution in [3.8, 4) is 12.1 Å².